The zero-order chi connectivity index (χ0) is 13.6. The van der Waals surface area contributed by atoms with Gasteiger partial charge in [-0.05, 0) is 25.2 Å². The first-order valence-corrected chi connectivity index (χ1v) is 9.37. The van der Waals surface area contributed by atoms with Crippen molar-refractivity contribution in [3.05, 3.63) is 0 Å². The van der Waals surface area contributed by atoms with Gasteiger partial charge in [0.05, 0.1) is 0 Å². The summed E-state index contributed by atoms with van der Waals surface area (Å²) in [4.78, 5) is 0. The second kappa shape index (κ2) is 7.82. The van der Waals surface area contributed by atoms with Gasteiger partial charge >= 0.3 is 0 Å². The third-order valence-corrected chi connectivity index (χ3v) is 5.53. The van der Waals surface area contributed by atoms with Crippen molar-refractivity contribution >= 4 is 26.1 Å². The van der Waals surface area contributed by atoms with Crippen molar-refractivity contribution in [3.8, 4) is 0 Å². The summed E-state index contributed by atoms with van der Waals surface area (Å²) >= 11 is 3.39. The Balaban J connectivity index is 2.66. The molecule has 0 aromatic rings. The van der Waals surface area contributed by atoms with Crippen LogP contribution in [-0.4, -0.2) is 37.2 Å². The first kappa shape index (κ1) is 16.4. The molecule has 1 unspecified atom stereocenters. The second-order valence-electron chi connectivity index (χ2n) is 5.26. The summed E-state index contributed by atoms with van der Waals surface area (Å²) in [5, 5.41) is 0.818. The molecule has 1 N–H and O–H groups in total. The molecule has 0 aromatic heterocycles. The van der Waals surface area contributed by atoms with Crippen LogP contribution in [0.3, 0.4) is 0 Å². The molecule has 6 heteroatoms. The van der Waals surface area contributed by atoms with Crippen LogP contribution in [0.15, 0.2) is 0 Å². The van der Waals surface area contributed by atoms with Gasteiger partial charge in [0.2, 0.25) is 0 Å². The van der Waals surface area contributed by atoms with Crippen LogP contribution in [0.1, 0.15) is 46.0 Å². The minimum Gasteiger partial charge on any atom is -0.199 e. The average Bonchev–Trinajstić information content (AvgIpc) is 2.57. The normalized spacial score (nSPS) is 20.9. The summed E-state index contributed by atoms with van der Waals surface area (Å²) in [6, 6.07) is 0.0117. The Labute approximate surface area is 120 Å². The Kier molecular flexibility index (Phi) is 7.13. The van der Waals surface area contributed by atoms with E-state index >= 15 is 0 Å². The fourth-order valence-corrected chi connectivity index (χ4v) is 4.35. The molecule has 1 fully saturated rings. The molecule has 0 saturated carbocycles. The van der Waals surface area contributed by atoms with E-state index in [1.807, 2.05) is 0 Å². The number of alkyl halides is 1. The van der Waals surface area contributed by atoms with Gasteiger partial charge in [0, 0.05) is 24.5 Å². The summed E-state index contributed by atoms with van der Waals surface area (Å²) in [7, 11) is -3.31. The van der Waals surface area contributed by atoms with Crippen LogP contribution in [0.4, 0.5) is 0 Å². The highest BCUT2D eigenvalue weighted by Gasteiger charge is 2.26. The monoisotopic (exact) mass is 340 g/mol. The SMILES string of the molecule is CC(C)C(CCBr)NS(=O)(=O)N1CCCCCC1. The average molecular weight is 341 g/mol. The molecule has 0 spiro atoms. The number of rotatable bonds is 6. The predicted molar refractivity (Wildman–Crippen MR) is 79.1 cm³/mol. The van der Waals surface area contributed by atoms with Crippen molar-refractivity contribution in [1.29, 1.82) is 0 Å². The highest BCUT2D eigenvalue weighted by atomic mass is 79.9. The Morgan fingerprint density at radius 2 is 1.72 bits per heavy atom. The molecule has 0 bridgehead atoms. The van der Waals surface area contributed by atoms with E-state index < -0.39 is 10.2 Å². The Bertz CT molecular complexity index is 325. The summed E-state index contributed by atoms with van der Waals surface area (Å²) in [5.41, 5.74) is 0. The molecule has 0 amide bonds. The fraction of sp³-hybridized carbons (Fsp3) is 1.00. The maximum Gasteiger partial charge on any atom is 0.279 e. The van der Waals surface area contributed by atoms with Gasteiger partial charge in [-0.25, -0.2) is 0 Å². The zero-order valence-corrected chi connectivity index (χ0v) is 13.8. The van der Waals surface area contributed by atoms with Crippen LogP contribution >= 0.6 is 15.9 Å². The van der Waals surface area contributed by atoms with Crippen molar-refractivity contribution in [1.82, 2.24) is 9.03 Å². The van der Waals surface area contributed by atoms with Crippen molar-refractivity contribution in [2.24, 2.45) is 5.92 Å². The largest absolute Gasteiger partial charge is 0.279 e. The lowest BCUT2D eigenvalue weighted by atomic mass is 10.0. The van der Waals surface area contributed by atoms with Gasteiger partial charge in [-0.1, -0.05) is 42.6 Å². The van der Waals surface area contributed by atoms with Crippen LogP contribution in [0.5, 0.6) is 0 Å². The lowest BCUT2D eigenvalue weighted by Crippen LogP contribution is -2.47. The molecule has 1 rings (SSSR count). The van der Waals surface area contributed by atoms with Crippen molar-refractivity contribution in [3.63, 3.8) is 0 Å². The highest BCUT2D eigenvalue weighted by molar-refractivity contribution is 9.09. The lowest BCUT2D eigenvalue weighted by Gasteiger charge is -2.26. The van der Waals surface area contributed by atoms with E-state index in [1.54, 1.807) is 4.31 Å². The molecule has 1 aliphatic heterocycles. The van der Waals surface area contributed by atoms with Crippen LogP contribution in [-0.2, 0) is 10.2 Å². The Morgan fingerprint density at radius 1 is 1.17 bits per heavy atom. The van der Waals surface area contributed by atoms with Gasteiger partial charge in [0.1, 0.15) is 0 Å². The number of halogens is 1. The molecule has 0 aromatic carbocycles. The predicted octanol–water partition coefficient (Wildman–Crippen LogP) is 2.51. The second-order valence-corrected chi connectivity index (χ2v) is 7.76. The molecule has 1 atom stereocenters. The standard InChI is InChI=1S/C12H25BrN2O2S/c1-11(2)12(7-8-13)14-18(16,17)15-9-5-3-4-6-10-15/h11-12,14H,3-10H2,1-2H3. The molecular weight excluding hydrogens is 316 g/mol. The van der Waals surface area contributed by atoms with Gasteiger partial charge < -0.3 is 0 Å². The van der Waals surface area contributed by atoms with E-state index in [9.17, 15) is 8.42 Å². The van der Waals surface area contributed by atoms with Gasteiger partial charge in [-0.2, -0.15) is 17.4 Å². The van der Waals surface area contributed by atoms with E-state index in [0.717, 1.165) is 37.4 Å². The van der Waals surface area contributed by atoms with Crippen LogP contribution in [0, 0.1) is 5.92 Å². The minimum atomic E-state index is -3.31. The summed E-state index contributed by atoms with van der Waals surface area (Å²) in [5.74, 6) is 0.310. The quantitative estimate of drug-likeness (QED) is 0.755. The topological polar surface area (TPSA) is 49.4 Å². The van der Waals surface area contributed by atoms with E-state index in [-0.39, 0.29) is 6.04 Å². The zero-order valence-electron chi connectivity index (χ0n) is 11.4. The Hall–Kier alpha value is 0.350. The molecular formula is C12H25BrN2O2S. The van der Waals surface area contributed by atoms with Gasteiger partial charge in [-0.15, -0.1) is 0 Å². The minimum absolute atomic E-state index is 0.0117. The van der Waals surface area contributed by atoms with Crippen molar-refractivity contribution in [2.75, 3.05) is 18.4 Å². The first-order chi connectivity index (χ1) is 8.47. The maximum absolute atomic E-state index is 12.3. The van der Waals surface area contributed by atoms with E-state index in [0.29, 0.717) is 19.0 Å². The molecule has 18 heavy (non-hydrogen) atoms. The number of hydrogen-bond acceptors (Lipinski definition) is 2. The van der Waals surface area contributed by atoms with Gasteiger partial charge in [-0.3, -0.25) is 0 Å². The summed E-state index contributed by atoms with van der Waals surface area (Å²) < 4.78 is 29.1. The number of hydrogen-bond donors (Lipinski definition) is 1. The Morgan fingerprint density at radius 3 is 2.17 bits per heavy atom. The van der Waals surface area contributed by atoms with Crippen LogP contribution < -0.4 is 4.72 Å². The molecule has 4 nitrogen and oxygen atoms in total. The van der Waals surface area contributed by atoms with Gasteiger partial charge in [0.15, 0.2) is 0 Å². The molecule has 1 saturated heterocycles. The van der Waals surface area contributed by atoms with Crippen molar-refractivity contribution < 1.29 is 8.42 Å². The highest BCUT2D eigenvalue weighted by Crippen LogP contribution is 2.15. The van der Waals surface area contributed by atoms with E-state index in [2.05, 4.69) is 34.5 Å². The smallest absolute Gasteiger partial charge is 0.199 e. The molecule has 0 radical (unpaired) electrons. The van der Waals surface area contributed by atoms with E-state index in [1.165, 1.54) is 0 Å². The van der Waals surface area contributed by atoms with E-state index in [4.69, 9.17) is 0 Å². The van der Waals surface area contributed by atoms with Crippen LogP contribution in [0.25, 0.3) is 0 Å². The maximum atomic E-state index is 12.3. The lowest BCUT2D eigenvalue weighted by molar-refractivity contribution is 0.384. The van der Waals surface area contributed by atoms with Crippen molar-refractivity contribution in [2.45, 2.75) is 52.0 Å². The third-order valence-electron chi connectivity index (χ3n) is 3.43. The first-order valence-electron chi connectivity index (χ1n) is 6.80. The number of nitrogens with one attached hydrogen (secondary N) is 1. The molecule has 108 valence electrons. The summed E-state index contributed by atoms with van der Waals surface area (Å²) in [6.07, 6.45) is 5.06. The summed E-state index contributed by atoms with van der Waals surface area (Å²) in [6.45, 7) is 5.43. The number of nitrogens with zero attached hydrogens (tertiary/aromatic N) is 1. The molecule has 0 aliphatic carbocycles. The molecule has 1 aliphatic rings. The third kappa shape index (κ3) is 5.15. The van der Waals surface area contributed by atoms with Gasteiger partial charge in [0.25, 0.3) is 10.2 Å². The van der Waals surface area contributed by atoms with Crippen LogP contribution in [0.2, 0.25) is 0 Å². The molecule has 1 heterocycles. The fourth-order valence-electron chi connectivity index (χ4n) is 2.19.